The van der Waals surface area contributed by atoms with Crippen molar-refractivity contribution in [2.75, 3.05) is 6.54 Å². The van der Waals surface area contributed by atoms with E-state index in [1.54, 1.807) is 44.2 Å². The highest BCUT2D eigenvalue weighted by molar-refractivity contribution is 7.92. The Bertz CT molecular complexity index is 881. The topological polar surface area (TPSA) is 80.3 Å². The predicted octanol–water partition coefficient (Wildman–Crippen LogP) is 3.03. The fraction of sp³-hybridized carbons (Fsp3) is 0.368. The molecule has 0 aliphatic carbocycles. The molecule has 1 heterocycles. The maximum absolute atomic E-state index is 12.1. The van der Waals surface area contributed by atoms with Crippen LogP contribution in [0, 0.1) is 0 Å². The Labute approximate surface area is 158 Å². The Morgan fingerprint density at radius 1 is 1.08 bits per heavy atom. The molecule has 0 unspecified atom stereocenters. The second-order valence-electron chi connectivity index (χ2n) is 6.34. The summed E-state index contributed by atoms with van der Waals surface area (Å²) in [5.74, 6) is -0.0685. The first-order valence-electron chi connectivity index (χ1n) is 8.39. The lowest BCUT2D eigenvalue weighted by Crippen LogP contribution is -2.27. The van der Waals surface area contributed by atoms with Gasteiger partial charge >= 0.3 is 0 Å². The van der Waals surface area contributed by atoms with Crippen LogP contribution in [-0.2, 0) is 27.5 Å². The van der Waals surface area contributed by atoms with Crippen molar-refractivity contribution in [2.24, 2.45) is 0 Å². The Morgan fingerprint density at radius 2 is 1.73 bits per heavy atom. The molecule has 1 amide bonds. The van der Waals surface area contributed by atoms with Gasteiger partial charge in [-0.1, -0.05) is 12.1 Å². The molecule has 7 heteroatoms. The van der Waals surface area contributed by atoms with E-state index in [4.69, 9.17) is 0 Å². The van der Waals surface area contributed by atoms with Gasteiger partial charge in [0.15, 0.2) is 15.6 Å². The maximum Gasteiger partial charge on any atom is 0.224 e. The number of amides is 1. The van der Waals surface area contributed by atoms with Crippen molar-refractivity contribution in [3.63, 3.8) is 0 Å². The summed E-state index contributed by atoms with van der Waals surface area (Å²) in [6.07, 6.45) is 0.875. The minimum absolute atomic E-state index is 0.0493. The molecule has 1 N–H and O–H groups in total. The standard InChI is InChI=1S/C19H23NO4S2/c1-13(2)26(23,24)17-7-4-15(5-8-17)12-19(22)20-11-10-16-6-9-18(25-16)14(3)21/h4-9,13H,10-12H2,1-3H3,(H,20,22). The second kappa shape index (κ2) is 8.60. The number of sulfone groups is 1. The zero-order chi connectivity index (χ0) is 19.3. The summed E-state index contributed by atoms with van der Waals surface area (Å²) in [5, 5.41) is 2.37. The minimum Gasteiger partial charge on any atom is -0.355 e. The van der Waals surface area contributed by atoms with Crippen LogP contribution in [0.2, 0.25) is 0 Å². The molecule has 0 radical (unpaired) electrons. The van der Waals surface area contributed by atoms with Crippen molar-refractivity contribution in [1.82, 2.24) is 5.32 Å². The van der Waals surface area contributed by atoms with E-state index in [2.05, 4.69) is 5.32 Å². The summed E-state index contributed by atoms with van der Waals surface area (Å²) < 4.78 is 24.2. The van der Waals surface area contributed by atoms with Crippen molar-refractivity contribution >= 4 is 32.9 Å². The molecule has 2 aromatic rings. The van der Waals surface area contributed by atoms with E-state index in [1.165, 1.54) is 18.3 Å². The number of hydrogen-bond acceptors (Lipinski definition) is 5. The smallest absolute Gasteiger partial charge is 0.224 e. The molecule has 1 aromatic carbocycles. The lowest BCUT2D eigenvalue weighted by molar-refractivity contribution is -0.120. The molecule has 5 nitrogen and oxygen atoms in total. The molecule has 1 aromatic heterocycles. The van der Waals surface area contributed by atoms with E-state index in [0.29, 0.717) is 13.0 Å². The normalized spacial score (nSPS) is 11.5. The van der Waals surface area contributed by atoms with Crippen LogP contribution >= 0.6 is 11.3 Å². The van der Waals surface area contributed by atoms with Gasteiger partial charge in [-0.05, 0) is 57.0 Å². The molecular weight excluding hydrogens is 370 g/mol. The third kappa shape index (κ3) is 5.25. The lowest BCUT2D eigenvalue weighted by Gasteiger charge is -2.09. The number of Topliss-reactive ketones (excluding diaryl/α,β-unsaturated/α-hetero) is 1. The first kappa shape index (κ1) is 20.3. The molecular formula is C19H23NO4S2. The number of benzene rings is 1. The van der Waals surface area contributed by atoms with E-state index in [1.807, 2.05) is 6.07 Å². The van der Waals surface area contributed by atoms with Gasteiger partial charge in [0.25, 0.3) is 0 Å². The highest BCUT2D eigenvalue weighted by Crippen LogP contribution is 2.18. The fourth-order valence-electron chi connectivity index (χ4n) is 2.34. The fourth-order valence-corrected chi connectivity index (χ4v) is 4.31. The first-order chi connectivity index (χ1) is 12.2. The van der Waals surface area contributed by atoms with Crippen molar-refractivity contribution < 1.29 is 18.0 Å². The van der Waals surface area contributed by atoms with Gasteiger partial charge in [0, 0.05) is 11.4 Å². The molecule has 0 bridgehead atoms. The van der Waals surface area contributed by atoms with E-state index in [9.17, 15) is 18.0 Å². The summed E-state index contributed by atoms with van der Waals surface area (Å²) >= 11 is 1.45. The van der Waals surface area contributed by atoms with Gasteiger partial charge in [0.2, 0.25) is 5.91 Å². The third-order valence-corrected chi connectivity index (χ3v) is 7.36. The van der Waals surface area contributed by atoms with Crippen LogP contribution in [0.4, 0.5) is 0 Å². The van der Waals surface area contributed by atoms with Crippen LogP contribution in [0.25, 0.3) is 0 Å². The van der Waals surface area contributed by atoms with Gasteiger partial charge in [-0.3, -0.25) is 9.59 Å². The number of nitrogens with one attached hydrogen (secondary N) is 1. The highest BCUT2D eigenvalue weighted by atomic mass is 32.2. The van der Waals surface area contributed by atoms with Gasteiger partial charge in [0.05, 0.1) is 21.4 Å². The number of thiophene rings is 1. The van der Waals surface area contributed by atoms with Crippen molar-refractivity contribution in [1.29, 1.82) is 0 Å². The van der Waals surface area contributed by atoms with Crippen molar-refractivity contribution in [3.8, 4) is 0 Å². The van der Waals surface area contributed by atoms with Crippen LogP contribution < -0.4 is 5.32 Å². The largest absolute Gasteiger partial charge is 0.355 e. The molecule has 26 heavy (non-hydrogen) atoms. The zero-order valence-corrected chi connectivity index (χ0v) is 16.7. The molecule has 140 valence electrons. The van der Waals surface area contributed by atoms with Gasteiger partial charge < -0.3 is 5.32 Å². The number of hydrogen-bond donors (Lipinski definition) is 1. The molecule has 0 spiro atoms. The van der Waals surface area contributed by atoms with Crippen molar-refractivity contribution in [3.05, 3.63) is 51.7 Å². The van der Waals surface area contributed by atoms with Gasteiger partial charge in [0.1, 0.15) is 0 Å². The monoisotopic (exact) mass is 393 g/mol. The maximum atomic E-state index is 12.1. The molecule has 0 saturated heterocycles. The third-order valence-electron chi connectivity index (χ3n) is 3.94. The zero-order valence-electron chi connectivity index (χ0n) is 15.1. The van der Waals surface area contributed by atoms with Crippen molar-refractivity contribution in [2.45, 2.75) is 43.8 Å². The van der Waals surface area contributed by atoms with Gasteiger partial charge in [-0.2, -0.15) is 0 Å². The summed E-state index contributed by atoms with van der Waals surface area (Å²) in [4.78, 5) is 25.3. The quantitative estimate of drug-likeness (QED) is 0.699. The van der Waals surface area contributed by atoms with Crippen LogP contribution in [0.1, 0.15) is 40.9 Å². The van der Waals surface area contributed by atoms with E-state index in [-0.39, 0.29) is 23.0 Å². The molecule has 0 saturated carbocycles. The van der Waals surface area contributed by atoms with E-state index < -0.39 is 15.1 Å². The second-order valence-corrected chi connectivity index (χ2v) is 10.0. The summed E-state index contributed by atoms with van der Waals surface area (Å²) in [6.45, 7) is 5.32. The average molecular weight is 394 g/mol. The SMILES string of the molecule is CC(=O)c1ccc(CCNC(=O)Cc2ccc(S(=O)(=O)C(C)C)cc2)s1. The number of carbonyl (C=O) groups is 2. The number of rotatable bonds is 8. The first-order valence-corrected chi connectivity index (χ1v) is 10.8. The number of carbonyl (C=O) groups excluding carboxylic acids is 2. The minimum atomic E-state index is -3.29. The molecule has 2 rings (SSSR count). The molecule has 0 aliphatic rings. The summed E-state index contributed by atoms with van der Waals surface area (Å²) in [5.41, 5.74) is 0.764. The Morgan fingerprint density at radius 3 is 2.27 bits per heavy atom. The Kier molecular flexibility index (Phi) is 6.72. The van der Waals surface area contributed by atoms with Gasteiger partial charge in [-0.15, -0.1) is 11.3 Å². The molecule has 0 atom stereocenters. The summed E-state index contributed by atoms with van der Waals surface area (Å²) in [7, 11) is -3.29. The lowest BCUT2D eigenvalue weighted by atomic mass is 10.1. The number of ketones is 1. The predicted molar refractivity (Wildman–Crippen MR) is 104 cm³/mol. The molecule has 0 fully saturated rings. The highest BCUT2D eigenvalue weighted by Gasteiger charge is 2.18. The summed E-state index contributed by atoms with van der Waals surface area (Å²) in [6, 6.07) is 10.2. The average Bonchev–Trinajstić information content (AvgIpc) is 3.04. The van der Waals surface area contributed by atoms with E-state index >= 15 is 0 Å². The Balaban J connectivity index is 1.85. The van der Waals surface area contributed by atoms with E-state index in [0.717, 1.165) is 15.3 Å². The van der Waals surface area contributed by atoms with Crippen LogP contribution in [-0.4, -0.2) is 31.9 Å². The van der Waals surface area contributed by atoms with Crippen LogP contribution in [0.15, 0.2) is 41.3 Å². The van der Waals surface area contributed by atoms with Gasteiger partial charge in [-0.25, -0.2) is 8.42 Å². The van der Waals surface area contributed by atoms with Crippen LogP contribution in [0.5, 0.6) is 0 Å². The molecule has 0 aliphatic heterocycles. The van der Waals surface area contributed by atoms with Crippen LogP contribution in [0.3, 0.4) is 0 Å². The Hall–Kier alpha value is -1.99.